The number of nitrogens with zero attached hydrogens (tertiary/aromatic N) is 1. The molecule has 0 aliphatic heterocycles. The van der Waals surface area contributed by atoms with Gasteiger partial charge in [0.1, 0.15) is 6.07 Å². The second-order valence-corrected chi connectivity index (χ2v) is 6.12. The molecule has 0 spiro atoms. The maximum absolute atomic E-state index is 9.44. The molecular weight excluding hydrogens is 244 g/mol. The van der Waals surface area contributed by atoms with Crippen molar-refractivity contribution in [2.45, 2.75) is 65.7 Å². The van der Waals surface area contributed by atoms with E-state index in [0.717, 1.165) is 6.42 Å². The van der Waals surface area contributed by atoms with Gasteiger partial charge in [0.2, 0.25) is 0 Å². The molecular formula is C18H28N2. The highest BCUT2D eigenvalue weighted by atomic mass is 14.6. The summed E-state index contributed by atoms with van der Waals surface area (Å²) in [5.41, 5.74) is 9.93. The van der Waals surface area contributed by atoms with E-state index in [2.05, 4.69) is 39.8 Å². The molecule has 2 atom stereocenters. The van der Waals surface area contributed by atoms with Crippen molar-refractivity contribution in [3.8, 4) is 6.07 Å². The third kappa shape index (κ3) is 2.54. The molecule has 2 nitrogen and oxygen atoms in total. The number of hydrogen-bond donors (Lipinski definition) is 1. The largest absolute Gasteiger partial charge is 0.398 e. The molecule has 0 bridgehead atoms. The van der Waals surface area contributed by atoms with Crippen LogP contribution in [0, 0.1) is 17.2 Å². The van der Waals surface area contributed by atoms with Crippen LogP contribution in [0.1, 0.15) is 77.0 Å². The van der Waals surface area contributed by atoms with E-state index in [1.807, 2.05) is 19.9 Å². The Morgan fingerprint density at radius 3 is 2.45 bits per heavy atom. The molecule has 0 amide bonds. The molecule has 1 aromatic carbocycles. The number of fused-ring (bicyclic) bond motifs is 1. The Balaban J connectivity index is 0.000000956. The van der Waals surface area contributed by atoms with Crippen LogP contribution in [0.5, 0.6) is 0 Å². The predicted molar refractivity (Wildman–Crippen MR) is 86.8 cm³/mol. The Bertz CT molecular complexity index is 511. The minimum atomic E-state index is 0.0717. The number of hydrogen-bond acceptors (Lipinski definition) is 2. The molecule has 0 radical (unpaired) electrons. The second-order valence-electron chi connectivity index (χ2n) is 6.12. The smallest absolute Gasteiger partial charge is 0.102 e. The van der Waals surface area contributed by atoms with E-state index in [-0.39, 0.29) is 5.41 Å². The summed E-state index contributed by atoms with van der Waals surface area (Å²) in [6, 6.07) is 6.34. The lowest BCUT2D eigenvalue weighted by Crippen LogP contribution is -2.35. The van der Waals surface area contributed by atoms with Gasteiger partial charge < -0.3 is 5.73 Å². The lowest BCUT2D eigenvalue weighted by atomic mass is 9.61. The third-order valence-corrected chi connectivity index (χ3v) is 4.85. The average Bonchev–Trinajstić information content (AvgIpc) is 2.45. The molecule has 1 aliphatic rings. The van der Waals surface area contributed by atoms with Gasteiger partial charge in [0, 0.05) is 5.69 Å². The van der Waals surface area contributed by atoms with Crippen molar-refractivity contribution >= 4 is 5.69 Å². The fourth-order valence-electron chi connectivity index (χ4n) is 3.16. The zero-order valence-corrected chi connectivity index (χ0v) is 13.7. The molecule has 1 aliphatic carbocycles. The molecule has 2 rings (SSSR count). The van der Waals surface area contributed by atoms with Crippen molar-refractivity contribution < 1.29 is 0 Å². The summed E-state index contributed by atoms with van der Waals surface area (Å²) in [5.74, 6) is 1.04. The van der Waals surface area contributed by atoms with E-state index in [1.54, 1.807) is 0 Å². The van der Waals surface area contributed by atoms with Crippen molar-refractivity contribution in [1.82, 2.24) is 0 Å². The van der Waals surface area contributed by atoms with Gasteiger partial charge in [-0.05, 0) is 47.3 Å². The van der Waals surface area contributed by atoms with Crippen LogP contribution in [-0.4, -0.2) is 0 Å². The second kappa shape index (κ2) is 6.31. The highest BCUT2D eigenvalue weighted by molar-refractivity contribution is 5.63. The van der Waals surface area contributed by atoms with Gasteiger partial charge in [-0.3, -0.25) is 0 Å². The van der Waals surface area contributed by atoms with Crippen molar-refractivity contribution in [3.05, 3.63) is 28.8 Å². The Kier molecular flexibility index (Phi) is 5.22. The lowest BCUT2D eigenvalue weighted by molar-refractivity contribution is 0.277. The van der Waals surface area contributed by atoms with E-state index in [1.165, 1.54) is 17.5 Å². The first-order valence-corrected chi connectivity index (χ1v) is 7.74. The third-order valence-electron chi connectivity index (χ3n) is 4.85. The van der Waals surface area contributed by atoms with Crippen LogP contribution in [0.25, 0.3) is 0 Å². The zero-order chi connectivity index (χ0) is 15.5. The summed E-state index contributed by atoms with van der Waals surface area (Å²) in [5, 5.41) is 9.44. The summed E-state index contributed by atoms with van der Waals surface area (Å²) in [4.78, 5) is 0. The van der Waals surface area contributed by atoms with Gasteiger partial charge in [-0.15, -0.1) is 0 Å². The van der Waals surface area contributed by atoms with Crippen LogP contribution in [0.4, 0.5) is 5.69 Å². The number of anilines is 1. The van der Waals surface area contributed by atoms with Crippen LogP contribution < -0.4 is 5.73 Å². The van der Waals surface area contributed by atoms with Crippen molar-refractivity contribution in [2.75, 3.05) is 5.73 Å². The molecule has 2 heteroatoms. The maximum Gasteiger partial charge on any atom is 0.102 e. The average molecular weight is 272 g/mol. The highest BCUT2D eigenvalue weighted by Gasteiger charge is 2.39. The number of benzene rings is 1. The Morgan fingerprint density at radius 1 is 1.35 bits per heavy atom. The Labute approximate surface area is 124 Å². The van der Waals surface area contributed by atoms with Crippen LogP contribution in [0.3, 0.4) is 0 Å². The minimum Gasteiger partial charge on any atom is -0.398 e. The molecule has 1 aromatic rings. The van der Waals surface area contributed by atoms with Crippen LogP contribution in [-0.2, 0) is 5.41 Å². The predicted octanol–water partition coefficient (Wildman–Crippen LogP) is 4.98. The van der Waals surface area contributed by atoms with Gasteiger partial charge in [-0.2, -0.15) is 5.26 Å². The zero-order valence-electron chi connectivity index (χ0n) is 13.7. The summed E-state index contributed by atoms with van der Waals surface area (Å²) >= 11 is 0. The van der Waals surface area contributed by atoms with Gasteiger partial charge >= 0.3 is 0 Å². The first-order valence-electron chi connectivity index (χ1n) is 7.74. The monoisotopic (exact) mass is 272 g/mol. The van der Waals surface area contributed by atoms with E-state index >= 15 is 0 Å². The summed E-state index contributed by atoms with van der Waals surface area (Å²) in [7, 11) is 0. The normalized spacial score (nSPS) is 24.4. The summed E-state index contributed by atoms with van der Waals surface area (Å²) in [6.07, 6.45) is 2.33. The fraction of sp³-hybridized carbons (Fsp3) is 0.611. The molecule has 110 valence electrons. The molecule has 2 N–H and O–H groups in total. The Morgan fingerprint density at radius 2 is 1.95 bits per heavy atom. The molecule has 0 heterocycles. The highest BCUT2D eigenvalue weighted by Crippen LogP contribution is 2.48. The molecule has 2 unspecified atom stereocenters. The molecule has 0 fully saturated rings. The standard InChI is InChI=1S/C16H22N2.C2H6/c1-10(2)16(4)8-7-11(3)12-5-6-14(18)13(9-17)15(12)16;1-2/h5-6,10-11H,7-8,18H2,1-4H3;1-2H3. The van der Waals surface area contributed by atoms with Gasteiger partial charge in [0.05, 0.1) is 5.56 Å². The Hall–Kier alpha value is -1.49. The minimum absolute atomic E-state index is 0.0717. The fourth-order valence-corrected chi connectivity index (χ4v) is 3.16. The van der Waals surface area contributed by atoms with Crippen molar-refractivity contribution in [1.29, 1.82) is 5.26 Å². The number of nitriles is 1. The quantitative estimate of drug-likeness (QED) is 0.733. The van der Waals surface area contributed by atoms with Crippen molar-refractivity contribution in [3.63, 3.8) is 0 Å². The lowest BCUT2D eigenvalue weighted by Gasteiger charge is -2.42. The van der Waals surface area contributed by atoms with Crippen molar-refractivity contribution in [2.24, 2.45) is 5.92 Å². The van der Waals surface area contributed by atoms with Gasteiger partial charge in [0.25, 0.3) is 0 Å². The maximum atomic E-state index is 9.44. The summed E-state index contributed by atoms with van der Waals surface area (Å²) < 4.78 is 0. The molecule has 0 saturated heterocycles. The van der Waals surface area contributed by atoms with Crippen LogP contribution >= 0.6 is 0 Å². The van der Waals surface area contributed by atoms with E-state index < -0.39 is 0 Å². The number of nitrogen functional groups attached to an aromatic ring is 1. The van der Waals surface area contributed by atoms with E-state index in [9.17, 15) is 5.26 Å². The van der Waals surface area contributed by atoms with Crippen LogP contribution in [0.2, 0.25) is 0 Å². The van der Waals surface area contributed by atoms with E-state index in [4.69, 9.17) is 5.73 Å². The topological polar surface area (TPSA) is 49.8 Å². The number of nitrogens with two attached hydrogens (primary N) is 1. The van der Waals surface area contributed by atoms with Gasteiger partial charge in [-0.25, -0.2) is 0 Å². The summed E-state index contributed by atoms with van der Waals surface area (Å²) in [6.45, 7) is 13.0. The number of rotatable bonds is 1. The molecule has 0 saturated carbocycles. The SMILES string of the molecule is CC.CC1CCC(C)(C(C)C)c2c1ccc(N)c2C#N. The molecule has 20 heavy (non-hydrogen) atoms. The van der Waals surface area contributed by atoms with Gasteiger partial charge in [-0.1, -0.05) is 47.6 Å². The van der Waals surface area contributed by atoms with Gasteiger partial charge in [0.15, 0.2) is 0 Å². The van der Waals surface area contributed by atoms with Crippen LogP contribution in [0.15, 0.2) is 12.1 Å². The first kappa shape index (κ1) is 16.6. The molecule has 0 aromatic heterocycles. The first-order chi connectivity index (χ1) is 9.41. The van der Waals surface area contributed by atoms with E-state index in [0.29, 0.717) is 23.1 Å².